The van der Waals surface area contributed by atoms with Gasteiger partial charge in [-0.15, -0.1) is 0 Å². The van der Waals surface area contributed by atoms with E-state index in [4.69, 9.17) is 0 Å². The number of hydrogen-bond acceptors (Lipinski definition) is 4. The average Bonchev–Trinajstić information content (AvgIpc) is 2.60. The van der Waals surface area contributed by atoms with Gasteiger partial charge in [0.1, 0.15) is 0 Å². The van der Waals surface area contributed by atoms with Gasteiger partial charge in [-0.05, 0) is 31.5 Å². The van der Waals surface area contributed by atoms with Crippen LogP contribution in [0.15, 0.2) is 24.3 Å². The second-order valence-corrected chi connectivity index (χ2v) is 5.84. The lowest BCUT2D eigenvalue weighted by atomic mass is 10.1. The van der Waals surface area contributed by atoms with Crippen molar-refractivity contribution < 1.29 is 24.0 Å². The second-order valence-electron chi connectivity index (χ2n) is 5.84. The summed E-state index contributed by atoms with van der Waals surface area (Å²) in [5.74, 6) is -0.464. The number of nitrogens with one attached hydrogen (secondary N) is 2. The maximum absolute atomic E-state index is 12.0. The quantitative estimate of drug-likeness (QED) is 0.587. The third-order valence-electron chi connectivity index (χ3n) is 3.90. The lowest BCUT2D eigenvalue weighted by Crippen LogP contribution is -3.11. The van der Waals surface area contributed by atoms with Crippen LogP contribution < -0.4 is 10.2 Å². The highest BCUT2D eigenvalue weighted by Gasteiger charge is 2.17. The lowest BCUT2D eigenvalue weighted by molar-refractivity contribution is -0.863. The predicted molar refractivity (Wildman–Crippen MR) is 94.2 cm³/mol. The molecule has 0 aliphatic rings. The van der Waals surface area contributed by atoms with Gasteiger partial charge in [-0.1, -0.05) is 12.1 Å². The number of nitrogens with zero attached hydrogens (tertiary/aromatic N) is 1. The molecular weight excluding hydrogens is 322 g/mol. The van der Waals surface area contributed by atoms with Crippen molar-refractivity contribution in [1.82, 2.24) is 10.2 Å². The molecule has 1 unspecified atom stereocenters. The fourth-order valence-electron chi connectivity index (χ4n) is 2.42. The van der Waals surface area contributed by atoms with E-state index >= 15 is 0 Å². The van der Waals surface area contributed by atoms with Crippen molar-refractivity contribution in [1.29, 1.82) is 0 Å². The molecule has 138 valence electrons. The Morgan fingerprint density at radius 1 is 1.08 bits per heavy atom. The minimum absolute atomic E-state index is 0.0497. The number of carbonyl (C=O) groups excluding carboxylic acids is 3. The molecule has 0 radical (unpaired) electrons. The predicted octanol–water partition coefficient (Wildman–Crippen LogP) is -0.527. The second kappa shape index (κ2) is 10.5. The van der Waals surface area contributed by atoms with E-state index in [1.165, 1.54) is 7.11 Å². The van der Waals surface area contributed by atoms with E-state index in [0.717, 1.165) is 10.5 Å². The van der Waals surface area contributed by atoms with Crippen molar-refractivity contribution >= 4 is 17.8 Å². The molecule has 1 aromatic rings. The summed E-state index contributed by atoms with van der Waals surface area (Å²) in [4.78, 5) is 38.0. The van der Waals surface area contributed by atoms with Gasteiger partial charge in [0.25, 0.3) is 11.8 Å². The molecule has 7 heteroatoms. The molecule has 0 saturated heterocycles. The Bertz CT molecular complexity index is 582. The zero-order valence-electron chi connectivity index (χ0n) is 15.4. The number of esters is 1. The number of carbonyl (C=O) groups is 3. The molecule has 1 rings (SSSR count). The first-order chi connectivity index (χ1) is 11.9. The summed E-state index contributed by atoms with van der Waals surface area (Å²) < 4.78 is 4.64. The zero-order chi connectivity index (χ0) is 18.8. The monoisotopic (exact) mass is 350 g/mol. The summed E-state index contributed by atoms with van der Waals surface area (Å²) in [5, 5.41) is 2.82. The van der Waals surface area contributed by atoms with Crippen LogP contribution in [0.3, 0.4) is 0 Å². The molecular formula is C18H28N3O4+. The highest BCUT2D eigenvalue weighted by Crippen LogP contribution is 2.05. The number of likely N-dealkylation sites (N-methyl/N-ethyl adjacent to an activating group) is 2. The summed E-state index contributed by atoms with van der Waals surface area (Å²) in [6.45, 7) is 6.13. The van der Waals surface area contributed by atoms with E-state index in [1.807, 2.05) is 20.9 Å². The molecule has 1 aromatic carbocycles. The van der Waals surface area contributed by atoms with Crippen molar-refractivity contribution in [2.24, 2.45) is 0 Å². The van der Waals surface area contributed by atoms with E-state index in [2.05, 4.69) is 10.1 Å². The highest BCUT2D eigenvalue weighted by molar-refractivity contribution is 5.89. The van der Waals surface area contributed by atoms with Crippen LogP contribution in [0.2, 0.25) is 0 Å². The van der Waals surface area contributed by atoms with Crippen LogP contribution in [-0.4, -0.2) is 63.0 Å². The number of rotatable bonds is 9. The van der Waals surface area contributed by atoms with E-state index in [0.29, 0.717) is 31.7 Å². The molecule has 0 heterocycles. The Morgan fingerprint density at radius 2 is 1.68 bits per heavy atom. The summed E-state index contributed by atoms with van der Waals surface area (Å²) >= 11 is 0. The molecule has 2 N–H and O–H groups in total. The molecule has 2 amide bonds. The molecule has 0 bridgehead atoms. The Balaban J connectivity index is 2.41. The summed E-state index contributed by atoms with van der Waals surface area (Å²) in [5.41, 5.74) is 1.36. The molecule has 1 atom stereocenters. The van der Waals surface area contributed by atoms with Crippen molar-refractivity contribution in [2.45, 2.75) is 20.4 Å². The maximum Gasteiger partial charge on any atom is 0.337 e. The van der Waals surface area contributed by atoms with Gasteiger partial charge in [-0.3, -0.25) is 9.59 Å². The Kier molecular flexibility index (Phi) is 8.63. The molecule has 0 aromatic heterocycles. The Labute approximate surface area is 148 Å². The van der Waals surface area contributed by atoms with Crippen molar-refractivity contribution in [3.8, 4) is 0 Å². The number of quaternary nitrogens is 1. The third-order valence-corrected chi connectivity index (χ3v) is 3.90. The van der Waals surface area contributed by atoms with Crippen LogP contribution >= 0.6 is 0 Å². The van der Waals surface area contributed by atoms with Gasteiger partial charge in [-0.2, -0.15) is 0 Å². The van der Waals surface area contributed by atoms with E-state index < -0.39 is 5.97 Å². The number of benzene rings is 1. The van der Waals surface area contributed by atoms with Crippen LogP contribution in [0.1, 0.15) is 29.8 Å². The third kappa shape index (κ3) is 6.93. The summed E-state index contributed by atoms with van der Waals surface area (Å²) in [6, 6.07) is 6.86. The van der Waals surface area contributed by atoms with Gasteiger partial charge >= 0.3 is 5.97 Å². The topological polar surface area (TPSA) is 80.2 Å². The molecule has 0 spiro atoms. The van der Waals surface area contributed by atoms with E-state index in [1.54, 1.807) is 29.2 Å². The maximum atomic E-state index is 12.0. The van der Waals surface area contributed by atoms with Gasteiger partial charge in [-0.25, -0.2) is 4.79 Å². The van der Waals surface area contributed by atoms with E-state index in [9.17, 15) is 14.4 Å². The number of amides is 2. The number of methoxy groups -OCH3 is 1. The molecule has 0 fully saturated rings. The number of hydrogen-bond donors (Lipinski definition) is 2. The van der Waals surface area contributed by atoms with Gasteiger partial charge in [0.15, 0.2) is 13.1 Å². The van der Waals surface area contributed by atoms with Gasteiger partial charge < -0.3 is 19.9 Å². The van der Waals surface area contributed by atoms with Crippen LogP contribution in [0, 0.1) is 0 Å². The SMILES string of the molecule is CCN(CC)C(=O)C[NH+](C)CC(=O)NCc1ccc(C(=O)OC)cc1. The van der Waals surface area contributed by atoms with Gasteiger partial charge in [0, 0.05) is 19.6 Å². The average molecular weight is 350 g/mol. The first-order valence-electron chi connectivity index (χ1n) is 8.44. The highest BCUT2D eigenvalue weighted by atomic mass is 16.5. The van der Waals surface area contributed by atoms with Crippen LogP contribution in [-0.2, 0) is 20.9 Å². The molecule has 25 heavy (non-hydrogen) atoms. The normalized spacial score (nSPS) is 11.5. The first kappa shape index (κ1) is 20.6. The molecule has 0 aliphatic heterocycles. The summed E-state index contributed by atoms with van der Waals surface area (Å²) in [6.07, 6.45) is 0. The number of ether oxygens (including phenoxy) is 1. The minimum Gasteiger partial charge on any atom is -0.465 e. The first-order valence-corrected chi connectivity index (χ1v) is 8.44. The fraction of sp³-hybridized carbons (Fsp3) is 0.500. The summed E-state index contributed by atoms with van der Waals surface area (Å²) in [7, 11) is 3.16. The van der Waals surface area contributed by atoms with Gasteiger partial charge in [0.2, 0.25) is 0 Å². The van der Waals surface area contributed by atoms with Crippen molar-refractivity contribution in [3.05, 3.63) is 35.4 Å². The van der Waals surface area contributed by atoms with E-state index in [-0.39, 0.29) is 18.4 Å². The van der Waals surface area contributed by atoms with Crippen molar-refractivity contribution in [3.63, 3.8) is 0 Å². The lowest BCUT2D eigenvalue weighted by Gasteiger charge is -2.20. The Morgan fingerprint density at radius 3 is 2.20 bits per heavy atom. The minimum atomic E-state index is -0.390. The van der Waals surface area contributed by atoms with Crippen molar-refractivity contribution in [2.75, 3.05) is 40.3 Å². The smallest absolute Gasteiger partial charge is 0.337 e. The zero-order valence-corrected chi connectivity index (χ0v) is 15.4. The molecule has 7 nitrogen and oxygen atoms in total. The van der Waals surface area contributed by atoms with Crippen LogP contribution in [0.25, 0.3) is 0 Å². The standard InChI is InChI=1S/C18H27N3O4/c1-5-21(6-2)17(23)13-20(3)12-16(22)19-11-14-7-9-15(10-8-14)18(24)25-4/h7-10H,5-6,11-13H2,1-4H3,(H,19,22)/p+1. The van der Waals surface area contributed by atoms with Gasteiger partial charge in [0.05, 0.1) is 19.7 Å². The largest absolute Gasteiger partial charge is 0.465 e. The fourth-order valence-corrected chi connectivity index (χ4v) is 2.42. The molecule has 0 aliphatic carbocycles. The van der Waals surface area contributed by atoms with Crippen LogP contribution in [0.4, 0.5) is 0 Å². The van der Waals surface area contributed by atoms with Crippen LogP contribution in [0.5, 0.6) is 0 Å². The Hall–Kier alpha value is -2.41. The molecule has 0 saturated carbocycles.